The fourth-order valence-corrected chi connectivity index (χ4v) is 3.56. The Morgan fingerprint density at radius 3 is 2.69 bits per heavy atom. The Morgan fingerprint density at radius 2 is 1.96 bits per heavy atom. The van der Waals surface area contributed by atoms with E-state index in [1.54, 1.807) is 18.6 Å². The third-order valence-electron chi connectivity index (χ3n) is 4.93. The molecule has 2 aromatic heterocycles. The topological polar surface area (TPSA) is 102 Å². The number of aromatic amines is 1. The van der Waals surface area contributed by atoms with Gasteiger partial charge < -0.3 is 20.4 Å². The number of piperidine rings is 1. The summed E-state index contributed by atoms with van der Waals surface area (Å²) in [6, 6.07) is 1.84. The second-order valence-corrected chi connectivity index (χ2v) is 6.66. The molecule has 2 fully saturated rings. The molecule has 2 aliphatic heterocycles. The molecule has 26 heavy (non-hydrogen) atoms. The van der Waals surface area contributed by atoms with Gasteiger partial charge in [-0.25, -0.2) is 14.8 Å². The summed E-state index contributed by atoms with van der Waals surface area (Å²) < 4.78 is 0. The number of rotatable bonds is 3. The molecule has 0 aromatic carbocycles. The normalized spacial score (nSPS) is 20.8. The Kier molecular flexibility index (Phi) is 4.96. The Morgan fingerprint density at radius 1 is 1.15 bits per heavy atom. The zero-order chi connectivity index (χ0) is 17.8. The number of H-pyrrole nitrogens is 1. The van der Waals surface area contributed by atoms with Crippen LogP contribution in [0.15, 0.2) is 24.7 Å². The molecule has 2 amide bonds. The summed E-state index contributed by atoms with van der Waals surface area (Å²) in [6.07, 6.45) is 8.14. The highest BCUT2D eigenvalue weighted by Gasteiger charge is 2.29. The van der Waals surface area contributed by atoms with Gasteiger partial charge in [-0.15, -0.1) is 0 Å². The first-order chi connectivity index (χ1) is 12.8. The first-order valence-corrected chi connectivity index (χ1v) is 9.16. The maximum atomic E-state index is 12.8. The fourth-order valence-electron chi connectivity index (χ4n) is 3.56. The van der Waals surface area contributed by atoms with Gasteiger partial charge in [-0.2, -0.15) is 5.10 Å². The lowest BCUT2D eigenvalue weighted by Gasteiger charge is -2.35. The minimum Gasteiger partial charge on any atom is -0.338 e. The van der Waals surface area contributed by atoms with Crippen molar-refractivity contribution in [1.29, 1.82) is 0 Å². The summed E-state index contributed by atoms with van der Waals surface area (Å²) in [4.78, 5) is 25.6. The van der Waals surface area contributed by atoms with Gasteiger partial charge in [0.15, 0.2) is 0 Å². The molecular formula is C17H24N8O. The summed E-state index contributed by atoms with van der Waals surface area (Å²) in [6.45, 7) is 4.39. The predicted molar refractivity (Wildman–Crippen MR) is 98.0 cm³/mol. The fraction of sp³-hybridized carbons (Fsp3) is 0.529. The van der Waals surface area contributed by atoms with E-state index in [1.807, 2.05) is 11.0 Å². The molecule has 0 spiro atoms. The van der Waals surface area contributed by atoms with Gasteiger partial charge >= 0.3 is 6.03 Å². The monoisotopic (exact) mass is 356 g/mol. The van der Waals surface area contributed by atoms with E-state index < -0.39 is 0 Å². The molecule has 2 saturated heterocycles. The van der Waals surface area contributed by atoms with Crippen molar-refractivity contribution in [1.82, 2.24) is 30.4 Å². The van der Waals surface area contributed by atoms with Crippen molar-refractivity contribution in [2.24, 2.45) is 0 Å². The lowest BCUT2D eigenvalue weighted by atomic mass is 10.00. The van der Waals surface area contributed by atoms with Crippen LogP contribution in [0, 0.1) is 0 Å². The summed E-state index contributed by atoms with van der Waals surface area (Å²) in [5.41, 5.74) is 1.59. The molecule has 0 radical (unpaired) electrons. The van der Waals surface area contributed by atoms with Crippen molar-refractivity contribution >= 4 is 17.7 Å². The van der Waals surface area contributed by atoms with Crippen LogP contribution in [0.3, 0.4) is 0 Å². The van der Waals surface area contributed by atoms with Crippen LogP contribution < -0.4 is 15.5 Å². The number of carbonyl (C=O) groups excluding carboxylic acids is 1. The van der Waals surface area contributed by atoms with Crippen molar-refractivity contribution in [3.8, 4) is 0 Å². The lowest BCUT2D eigenvalue weighted by Crippen LogP contribution is -2.44. The number of amides is 2. The largest absolute Gasteiger partial charge is 0.338 e. The van der Waals surface area contributed by atoms with Gasteiger partial charge in [-0.1, -0.05) is 0 Å². The molecule has 1 unspecified atom stereocenters. The van der Waals surface area contributed by atoms with E-state index in [4.69, 9.17) is 0 Å². The zero-order valence-corrected chi connectivity index (χ0v) is 14.7. The molecular weight excluding hydrogens is 332 g/mol. The van der Waals surface area contributed by atoms with Gasteiger partial charge in [0, 0.05) is 38.9 Å². The van der Waals surface area contributed by atoms with E-state index in [2.05, 4.69) is 35.7 Å². The van der Waals surface area contributed by atoms with Crippen LogP contribution in [0.25, 0.3) is 0 Å². The van der Waals surface area contributed by atoms with E-state index in [-0.39, 0.29) is 12.1 Å². The summed E-state index contributed by atoms with van der Waals surface area (Å²) in [7, 11) is 0. The number of aromatic nitrogens is 4. The van der Waals surface area contributed by atoms with Crippen molar-refractivity contribution in [2.45, 2.75) is 25.3 Å². The van der Waals surface area contributed by atoms with Crippen LogP contribution in [0.1, 0.15) is 31.0 Å². The van der Waals surface area contributed by atoms with Crippen molar-refractivity contribution in [3.05, 3.63) is 30.4 Å². The number of anilines is 2. The molecule has 2 aromatic rings. The molecule has 4 rings (SSSR count). The Hall–Kier alpha value is -2.68. The Bertz CT molecular complexity index is 711. The summed E-state index contributed by atoms with van der Waals surface area (Å²) in [5.74, 6) is 0.706. The predicted octanol–water partition coefficient (Wildman–Crippen LogP) is 1.37. The van der Waals surface area contributed by atoms with Crippen LogP contribution in [0.5, 0.6) is 0 Å². The molecule has 4 heterocycles. The van der Waals surface area contributed by atoms with E-state index in [0.29, 0.717) is 11.6 Å². The first kappa shape index (κ1) is 16.8. The van der Waals surface area contributed by atoms with Gasteiger partial charge in [-0.3, -0.25) is 5.10 Å². The van der Waals surface area contributed by atoms with Gasteiger partial charge in [0.05, 0.1) is 29.8 Å². The average molecular weight is 356 g/mol. The summed E-state index contributed by atoms with van der Waals surface area (Å²) in [5, 5.41) is 13.2. The van der Waals surface area contributed by atoms with E-state index >= 15 is 0 Å². The SMILES string of the molecule is O=C(Nc1cnc(N2CCNCC2)nc1)N1CCCCC1c1ccn[nH]1. The van der Waals surface area contributed by atoms with Crippen LogP contribution >= 0.6 is 0 Å². The van der Waals surface area contributed by atoms with Gasteiger partial charge in [0.2, 0.25) is 5.95 Å². The molecule has 138 valence electrons. The zero-order valence-electron chi connectivity index (χ0n) is 14.7. The molecule has 9 nitrogen and oxygen atoms in total. The smallest absolute Gasteiger partial charge is 0.322 e. The Balaban J connectivity index is 1.41. The minimum atomic E-state index is -0.122. The number of nitrogens with one attached hydrogen (secondary N) is 3. The highest BCUT2D eigenvalue weighted by Crippen LogP contribution is 2.30. The highest BCUT2D eigenvalue weighted by molar-refractivity contribution is 5.89. The van der Waals surface area contributed by atoms with E-state index in [1.165, 1.54) is 0 Å². The van der Waals surface area contributed by atoms with Crippen molar-refractivity contribution in [3.63, 3.8) is 0 Å². The van der Waals surface area contributed by atoms with Gasteiger partial charge in [0.25, 0.3) is 0 Å². The molecule has 0 saturated carbocycles. The quantitative estimate of drug-likeness (QED) is 0.768. The molecule has 0 bridgehead atoms. The standard InChI is InChI=1S/C17H24N8O/c26-17(25-8-2-1-3-15(25)14-4-5-21-23-14)22-13-11-19-16(20-12-13)24-9-6-18-7-10-24/h4-5,11-12,15,18H,1-3,6-10H2,(H,21,23)(H,22,26). The average Bonchev–Trinajstić information content (AvgIpc) is 3.24. The van der Waals surface area contributed by atoms with E-state index in [0.717, 1.165) is 57.7 Å². The number of hydrogen-bond acceptors (Lipinski definition) is 6. The van der Waals surface area contributed by atoms with Gasteiger partial charge in [0.1, 0.15) is 0 Å². The lowest BCUT2D eigenvalue weighted by molar-refractivity contribution is 0.161. The molecule has 1 atom stereocenters. The maximum Gasteiger partial charge on any atom is 0.322 e. The van der Waals surface area contributed by atoms with Crippen LogP contribution in [0.4, 0.5) is 16.4 Å². The number of nitrogens with zero attached hydrogens (tertiary/aromatic N) is 5. The first-order valence-electron chi connectivity index (χ1n) is 9.16. The maximum absolute atomic E-state index is 12.8. The number of urea groups is 1. The van der Waals surface area contributed by atoms with Crippen LogP contribution in [-0.2, 0) is 0 Å². The number of likely N-dealkylation sites (tertiary alicyclic amines) is 1. The van der Waals surface area contributed by atoms with Crippen molar-refractivity contribution < 1.29 is 4.79 Å². The molecule has 9 heteroatoms. The molecule has 3 N–H and O–H groups in total. The molecule has 0 aliphatic carbocycles. The highest BCUT2D eigenvalue weighted by atomic mass is 16.2. The molecule has 2 aliphatic rings. The van der Waals surface area contributed by atoms with Crippen molar-refractivity contribution in [2.75, 3.05) is 42.9 Å². The van der Waals surface area contributed by atoms with Crippen LogP contribution in [0.2, 0.25) is 0 Å². The van der Waals surface area contributed by atoms with Gasteiger partial charge in [-0.05, 0) is 25.3 Å². The van der Waals surface area contributed by atoms with E-state index in [9.17, 15) is 4.79 Å². The Labute approximate surface area is 152 Å². The second kappa shape index (κ2) is 7.69. The summed E-state index contributed by atoms with van der Waals surface area (Å²) >= 11 is 0. The minimum absolute atomic E-state index is 0.0345. The number of carbonyl (C=O) groups is 1. The number of hydrogen-bond donors (Lipinski definition) is 3. The third kappa shape index (κ3) is 3.62. The third-order valence-corrected chi connectivity index (χ3v) is 4.93. The van der Waals surface area contributed by atoms with Crippen LogP contribution in [-0.4, -0.2) is 63.8 Å². The number of piperazine rings is 1. The second-order valence-electron chi connectivity index (χ2n) is 6.66.